The summed E-state index contributed by atoms with van der Waals surface area (Å²) in [6, 6.07) is 19.2. The van der Waals surface area contributed by atoms with E-state index in [2.05, 4.69) is 41.2 Å². The van der Waals surface area contributed by atoms with Crippen LogP contribution in [-0.2, 0) is 16.0 Å². The molecule has 0 fully saturated rings. The lowest BCUT2D eigenvalue weighted by Gasteiger charge is -2.11. The summed E-state index contributed by atoms with van der Waals surface area (Å²) in [7, 11) is 0. The van der Waals surface area contributed by atoms with Gasteiger partial charge in [-0.25, -0.2) is 0 Å². The van der Waals surface area contributed by atoms with E-state index in [1.54, 1.807) is 12.1 Å². The average Bonchev–Trinajstić information content (AvgIpc) is 2.95. The molecule has 3 rings (SSSR count). The third-order valence-electron chi connectivity index (χ3n) is 4.32. The summed E-state index contributed by atoms with van der Waals surface area (Å²) >= 11 is 0. The molecule has 5 heteroatoms. The molecule has 2 N–H and O–H groups in total. The van der Waals surface area contributed by atoms with Crippen LogP contribution >= 0.6 is 0 Å². The monoisotopic (exact) mass is 361 g/mol. The van der Waals surface area contributed by atoms with Gasteiger partial charge >= 0.3 is 0 Å². The van der Waals surface area contributed by atoms with Crippen LogP contribution in [0.2, 0.25) is 0 Å². The number of rotatable bonds is 5. The first-order valence-corrected chi connectivity index (χ1v) is 8.84. The lowest BCUT2D eigenvalue weighted by molar-refractivity contribution is -0.116. The van der Waals surface area contributed by atoms with Crippen molar-refractivity contribution in [3.8, 4) is 5.69 Å². The maximum Gasteiger partial charge on any atom is 0.228 e. The van der Waals surface area contributed by atoms with Crippen molar-refractivity contribution in [3.05, 3.63) is 77.6 Å². The minimum absolute atomic E-state index is 0.0802. The van der Waals surface area contributed by atoms with Gasteiger partial charge in [-0.2, -0.15) is 0 Å². The number of carbonyl (C=O) groups excluding carboxylic acids is 2. The number of benzene rings is 2. The van der Waals surface area contributed by atoms with Gasteiger partial charge < -0.3 is 15.2 Å². The number of anilines is 2. The number of carbonyl (C=O) groups is 2. The summed E-state index contributed by atoms with van der Waals surface area (Å²) in [6.07, 6.45) is 0.276. The van der Waals surface area contributed by atoms with Crippen LogP contribution in [0.25, 0.3) is 5.69 Å². The molecule has 0 bridgehead atoms. The van der Waals surface area contributed by atoms with Crippen molar-refractivity contribution >= 4 is 23.2 Å². The van der Waals surface area contributed by atoms with E-state index in [4.69, 9.17) is 0 Å². The maximum atomic E-state index is 12.3. The molecule has 2 amide bonds. The van der Waals surface area contributed by atoms with Gasteiger partial charge in [0.2, 0.25) is 11.8 Å². The number of aromatic nitrogens is 1. The molecule has 0 saturated heterocycles. The van der Waals surface area contributed by atoms with E-state index in [1.165, 1.54) is 18.3 Å². The predicted molar refractivity (Wildman–Crippen MR) is 108 cm³/mol. The maximum absolute atomic E-state index is 12.3. The number of amides is 2. The van der Waals surface area contributed by atoms with E-state index < -0.39 is 0 Å². The van der Waals surface area contributed by atoms with Crippen molar-refractivity contribution < 1.29 is 9.59 Å². The molecule has 0 aliphatic carbocycles. The van der Waals surface area contributed by atoms with Crippen molar-refractivity contribution in [1.29, 1.82) is 0 Å². The second-order valence-corrected chi connectivity index (χ2v) is 6.60. The highest BCUT2D eigenvalue weighted by atomic mass is 16.2. The molecule has 0 aliphatic rings. The molecular formula is C22H23N3O2. The summed E-state index contributed by atoms with van der Waals surface area (Å²) in [4.78, 5) is 23.3. The molecule has 0 atom stereocenters. The van der Waals surface area contributed by atoms with E-state index in [0.29, 0.717) is 0 Å². The van der Waals surface area contributed by atoms with Crippen molar-refractivity contribution in [2.75, 3.05) is 10.6 Å². The van der Waals surface area contributed by atoms with Gasteiger partial charge in [0.15, 0.2) is 0 Å². The Morgan fingerprint density at radius 3 is 1.85 bits per heavy atom. The number of nitrogens with zero attached hydrogens (tertiary/aromatic N) is 1. The van der Waals surface area contributed by atoms with Crippen LogP contribution in [0.15, 0.2) is 60.7 Å². The molecule has 1 aromatic heterocycles. The van der Waals surface area contributed by atoms with Crippen LogP contribution in [0.4, 0.5) is 11.4 Å². The normalized spacial score (nSPS) is 10.5. The molecule has 0 unspecified atom stereocenters. The highest BCUT2D eigenvalue weighted by molar-refractivity contribution is 5.92. The van der Waals surface area contributed by atoms with Gasteiger partial charge in [0.1, 0.15) is 0 Å². The zero-order valence-electron chi connectivity index (χ0n) is 15.7. The van der Waals surface area contributed by atoms with E-state index >= 15 is 0 Å². The van der Waals surface area contributed by atoms with Crippen LogP contribution in [0.5, 0.6) is 0 Å². The Balaban J connectivity index is 1.62. The van der Waals surface area contributed by atoms with Gasteiger partial charge in [-0.05, 0) is 67.9 Å². The predicted octanol–water partition coefficient (Wildman–Crippen LogP) is 4.23. The molecular weight excluding hydrogens is 338 g/mol. The standard InChI is InChI=1S/C22H23N3O2/c1-15-4-5-16(2)25(15)21-12-10-20(11-13-21)24-22(27)14-18-6-8-19(9-7-18)23-17(3)26/h4-13H,14H2,1-3H3,(H,23,26)(H,24,27). The summed E-state index contributed by atoms with van der Waals surface area (Å²) in [6.45, 7) is 5.60. The lowest BCUT2D eigenvalue weighted by atomic mass is 10.1. The van der Waals surface area contributed by atoms with Gasteiger partial charge in [-0.15, -0.1) is 0 Å². The van der Waals surface area contributed by atoms with Gasteiger partial charge in [-0.3, -0.25) is 9.59 Å². The van der Waals surface area contributed by atoms with Gasteiger partial charge in [0.05, 0.1) is 6.42 Å². The minimum atomic E-state index is -0.116. The Morgan fingerprint density at radius 1 is 0.778 bits per heavy atom. The third-order valence-corrected chi connectivity index (χ3v) is 4.32. The highest BCUT2D eigenvalue weighted by Crippen LogP contribution is 2.19. The topological polar surface area (TPSA) is 63.1 Å². The van der Waals surface area contributed by atoms with Crippen molar-refractivity contribution in [3.63, 3.8) is 0 Å². The molecule has 27 heavy (non-hydrogen) atoms. The molecule has 0 spiro atoms. The van der Waals surface area contributed by atoms with E-state index in [1.807, 2.05) is 36.4 Å². The molecule has 1 heterocycles. The minimum Gasteiger partial charge on any atom is -0.326 e. The van der Waals surface area contributed by atoms with Crippen LogP contribution in [-0.4, -0.2) is 16.4 Å². The van der Waals surface area contributed by atoms with Crippen molar-refractivity contribution in [2.45, 2.75) is 27.2 Å². The number of hydrogen-bond donors (Lipinski definition) is 2. The zero-order valence-corrected chi connectivity index (χ0v) is 15.7. The first-order valence-electron chi connectivity index (χ1n) is 8.84. The molecule has 5 nitrogen and oxygen atoms in total. The summed E-state index contributed by atoms with van der Waals surface area (Å²) < 4.78 is 2.17. The highest BCUT2D eigenvalue weighted by Gasteiger charge is 2.07. The molecule has 0 saturated carbocycles. The largest absolute Gasteiger partial charge is 0.326 e. The smallest absolute Gasteiger partial charge is 0.228 e. The summed E-state index contributed by atoms with van der Waals surface area (Å²) in [5.74, 6) is -0.197. The van der Waals surface area contributed by atoms with Crippen LogP contribution in [0.3, 0.4) is 0 Å². The summed E-state index contributed by atoms with van der Waals surface area (Å²) in [5, 5.41) is 5.63. The Labute approximate surface area is 159 Å². The lowest BCUT2D eigenvalue weighted by Crippen LogP contribution is -2.14. The summed E-state index contributed by atoms with van der Waals surface area (Å²) in [5.41, 5.74) is 5.79. The zero-order chi connectivity index (χ0) is 19.4. The Kier molecular flexibility index (Phi) is 5.41. The molecule has 2 aromatic carbocycles. The van der Waals surface area contributed by atoms with Crippen molar-refractivity contribution in [1.82, 2.24) is 4.57 Å². The van der Waals surface area contributed by atoms with Crippen LogP contribution in [0, 0.1) is 13.8 Å². The Hall–Kier alpha value is -3.34. The second-order valence-electron chi connectivity index (χ2n) is 6.60. The molecule has 0 aliphatic heterocycles. The average molecular weight is 361 g/mol. The first kappa shape index (κ1) is 18.5. The number of aryl methyl sites for hydroxylation is 2. The third kappa shape index (κ3) is 4.64. The fourth-order valence-electron chi connectivity index (χ4n) is 3.07. The van der Waals surface area contributed by atoms with Crippen LogP contribution in [0.1, 0.15) is 23.9 Å². The SMILES string of the molecule is CC(=O)Nc1ccc(CC(=O)Nc2ccc(-n3c(C)ccc3C)cc2)cc1. The van der Waals surface area contributed by atoms with Gasteiger partial charge in [0.25, 0.3) is 0 Å². The number of nitrogens with one attached hydrogen (secondary N) is 2. The molecule has 3 aromatic rings. The van der Waals surface area contributed by atoms with E-state index in [9.17, 15) is 9.59 Å². The molecule has 138 valence electrons. The van der Waals surface area contributed by atoms with Gasteiger partial charge in [0, 0.05) is 35.4 Å². The fourth-order valence-corrected chi connectivity index (χ4v) is 3.07. The van der Waals surface area contributed by atoms with Crippen LogP contribution < -0.4 is 10.6 Å². The number of hydrogen-bond acceptors (Lipinski definition) is 2. The molecule has 0 radical (unpaired) electrons. The fraction of sp³-hybridized carbons (Fsp3) is 0.182. The van der Waals surface area contributed by atoms with Crippen molar-refractivity contribution in [2.24, 2.45) is 0 Å². The first-order chi connectivity index (χ1) is 12.9. The van der Waals surface area contributed by atoms with Gasteiger partial charge in [-0.1, -0.05) is 12.1 Å². The van der Waals surface area contributed by atoms with E-state index in [-0.39, 0.29) is 18.2 Å². The second kappa shape index (κ2) is 7.91. The Morgan fingerprint density at radius 2 is 1.30 bits per heavy atom. The Bertz CT molecular complexity index is 935. The van der Waals surface area contributed by atoms with E-state index in [0.717, 1.165) is 22.6 Å². The quantitative estimate of drug-likeness (QED) is 0.714.